The average Bonchev–Trinajstić information content (AvgIpc) is 2.49. The molecule has 0 aromatic heterocycles. The van der Waals surface area contributed by atoms with Gasteiger partial charge in [0.15, 0.2) is 5.78 Å². The molecule has 0 aliphatic rings. The second-order valence-electron chi connectivity index (χ2n) is 4.71. The number of carbonyl (C=O) groups is 1. The molecule has 0 fully saturated rings. The van der Waals surface area contributed by atoms with Crippen LogP contribution in [0.15, 0.2) is 40.5 Å². The van der Waals surface area contributed by atoms with Gasteiger partial charge < -0.3 is 9.64 Å². The number of nitrogens with zero attached hydrogens (tertiary/aromatic N) is 2. The Morgan fingerprint density at radius 2 is 2.17 bits per heavy atom. The maximum absolute atomic E-state index is 12.2. The summed E-state index contributed by atoms with van der Waals surface area (Å²) in [6, 6.07) is 6.67. The van der Waals surface area contributed by atoms with Gasteiger partial charge in [-0.25, -0.2) is 8.78 Å². The summed E-state index contributed by atoms with van der Waals surface area (Å²) < 4.78 is 29.9. The molecule has 0 spiro atoms. The summed E-state index contributed by atoms with van der Waals surface area (Å²) in [5, 5.41) is 8.95. The van der Waals surface area contributed by atoms with Crippen molar-refractivity contribution < 1.29 is 18.3 Å². The van der Waals surface area contributed by atoms with Crippen LogP contribution in [0.5, 0.6) is 5.75 Å². The zero-order valence-corrected chi connectivity index (χ0v) is 14.2. The van der Waals surface area contributed by atoms with Gasteiger partial charge in [0, 0.05) is 20.3 Å². The number of alkyl halides is 2. The van der Waals surface area contributed by atoms with Crippen LogP contribution in [0.4, 0.5) is 8.78 Å². The molecule has 122 valence electrons. The van der Waals surface area contributed by atoms with E-state index < -0.39 is 18.8 Å². The Hall–Kier alpha value is -2.20. The highest BCUT2D eigenvalue weighted by atomic mass is 79.9. The van der Waals surface area contributed by atoms with E-state index in [0.717, 1.165) is 0 Å². The van der Waals surface area contributed by atoms with Crippen LogP contribution < -0.4 is 4.74 Å². The van der Waals surface area contributed by atoms with E-state index in [2.05, 4.69) is 15.9 Å². The van der Waals surface area contributed by atoms with E-state index in [1.165, 1.54) is 24.4 Å². The molecule has 0 amide bonds. The quantitative estimate of drug-likeness (QED) is 0.531. The van der Waals surface area contributed by atoms with Gasteiger partial charge in [0.05, 0.1) is 4.47 Å². The molecular weight excluding hydrogens is 370 g/mol. The van der Waals surface area contributed by atoms with Crippen molar-refractivity contribution in [1.82, 2.24) is 4.90 Å². The van der Waals surface area contributed by atoms with Crippen LogP contribution in [0.1, 0.15) is 5.56 Å². The largest absolute Gasteiger partial charge is 0.486 e. The SMILES string of the molecule is CN(C)/C=C(\C#N)C(=O)/C=C/c1ccc(Br)c(OCC(F)F)c1. The predicted molar refractivity (Wildman–Crippen MR) is 87.1 cm³/mol. The molecule has 0 saturated carbocycles. The van der Waals surface area contributed by atoms with Crippen LogP contribution in [0, 0.1) is 11.3 Å². The molecule has 0 atom stereocenters. The summed E-state index contributed by atoms with van der Waals surface area (Å²) >= 11 is 3.20. The van der Waals surface area contributed by atoms with Crippen molar-refractivity contribution >= 4 is 27.8 Å². The standard InChI is InChI=1S/C16H15BrF2N2O2/c1-21(2)9-12(8-20)14(22)6-4-11-3-5-13(17)15(7-11)23-10-16(18)19/h3-7,9,16H,10H2,1-2H3/b6-4+,12-9+. The number of carbonyl (C=O) groups excluding carboxylic acids is 1. The van der Waals surface area contributed by atoms with Crippen LogP contribution in [-0.2, 0) is 4.79 Å². The fraction of sp³-hybridized carbons (Fsp3) is 0.250. The summed E-state index contributed by atoms with van der Waals surface area (Å²) in [6.07, 6.45) is 1.59. The van der Waals surface area contributed by atoms with Crippen LogP contribution in [0.25, 0.3) is 6.08 Å². The Balaban J connectivity index is 2.90. The van der Waals surface area contributed by atoms with Gasteiger partial charge in [-0.05, 0) is 39.7 Å². The number of ether oxygens (including phenoxy) is 1. The number of benzene rings is 1. The normalized spacial score (nSPS) is 11.6. The third kappa shape index (κ3) is 6.61. The Morgan fingerprint density at radius 1 is 1.48 bits per heavy atom. The van der Waals surface area contributed by atoms with Crippen LogP contribution in [0.3, 0.4) is 0 Å². The number of ketones is 1. The van der Waals surface area contributed by atoms with Crippen molar-refractivity contribution in [2.45, 2.75) is 6.43 Å². The molecular formula is C16H15BrF2N2O2. The molecule has 1 aromatic rings. The third-order valence-corrected chi connectivity index (χ3v) is 3.18. The topological polar surface area (TPSA) is 53.3 Å². The maximum atomic E-state index is 12.2. The lowest BCUT2D eigenvalue weighted by molar-refractivity contribution is -0.111. The highest BCUT2D eigenvalue weighted by Gasteiger charge is 2.08. The van der Waals surface area contributed by atoms with Gasteiger partial charge in [-0.15, -0.1) is 0 Å². The first-order valence-electron chi connectivity index (χ1n) is 6.54. The van der Waals surface area contributed by atoms with Gasteiger partial charge in [-0.2, -0.15) is 5.26 Å². The second kappa shape index (κ2) is 9.06. The highest BCUT2D eigenvalue weighted by Crippen LogP contribution is 2.27. The van der Waals surface area contributed by atoms with E-state index >= 15 is 0 Å². The summed E-state index contributed by atoms with van der Waals surface area (Å²) in [4.78, 5) is 13.5. The first kappa shape index (κ1) is 18.8. The first-order valence-corrected chi connectivity index (χ1v) is 7.34. The number of hydrogen-bond acceptors (Lipinski definition) is 4. The van der Waals surface area contributed by atoms with E-state index in [0.29, 0.717) is 10.0 Å². The Bertz CT molecular complexity index is 665. The van der Waals surface area contributed by atoms with E-state index in [9.17, 15) is 13.6 Å². The fourth-order valence-electron chi connectivity index (χ4n) is 1.55. The van der Waals surface area contributed by atoms with Gasteiger partial charge in [-0.1, -0.05) is 12.1 Å². The lowest BCUT2D eigenvalue weighted by Crippen LogP contribution is -2.07. The van der Waals surface area contributed by atoms with Gasteiger partial charge in [0.2, 0.25) is 0 Å². The summed E-state index contributed by atoms with van der Waals surface area (Å²) in [5.74, 6) is -0.191. The molecule has 7 heteroatoms. The number of rotatable bonds is 7. The fourth-order valence-corrected chi connectivity index (χ4v) is 1.92. The van der Waals surface area contributed by atoms with Crippen LogP contribution >= 0.6 is 15.9 Å². The molecule has 1 rings (SSSR count). The highest BCUT2D eigenvalue weighted by molar-refractivity contribution is 9.10. The smallest absolute Gasteiger partial charge is 0.272 e. The minimum atomic E-state index is -2.57. The van der Waals surface area contributed by atoms with Crippen molar-refractivity contribution in [2.75, 3.05) is 20.7 Å². The first-order chi connectivity index (χ1) is 10.8. The van der Waals surface area contributed by atoms with Crippen molar-refractivity contribution in [3.8, 4) is 11.8 Å². The summed E-state index contributed by atoms with van der Waals surface area (Å²) in [6.45, 7) is -0.713. The summed E-state index contributed by atoms with van der Waals surface area (Å²) in [5.41, 5.74) is 0.588. The Labute approximate surface area is 141 Å². The average molecular weight is 385 g/mol. The van der Waals surface area contributed by atoms with Gasteiger partial charge in [0.1, 0.15) is 24.0 Å². The zero-order valence-electron chi connectivity index (χ0n) is 12.6. The molecule has 0 saturated heterocycles. The minimum Gasteiger partial charge on any atom is -0.486 e. The molecule has 0 N–H and O–H groups in total. The van der Waals surface area contributed by atoms with E-state index in [-0.39, 0.29) is 11.3 Å². The molecule has 0 aliphatic heterocycles. The number of nitriles is 1. The molecule has 0 radical (unpaired) electrons. The minimum absolute atomic E-state index is 0.00228. The maximum Gasteiger partial charge on any atom is 0.272 e. The Kier molecular flexibility index (Phi) is 7.42. The third-order valence-electron chi connectivity index (χ3n) is 2.52. The molecule has 0 unspecified atom stereocenters. The molecule has 23 heavy (non-hydrogen) atoms. The van der Waals surface area contributed by atoms with Crippen molar-refractivity contribution in [3.05, 3.63) is 46.1 Å². The van der Waals surface area contributed by atoms with Crippen molar-refractivity contribution in [3.63, 3.8) is 0 Å². The molecule has 1 aromatic carbocycles. The van der Waals surface area contributed by atoms with E-state index in [1.807, 2.05) is 6.07 Å². The van der Waals surface area contributed by atoms with Crippen LogP contribution in [0.2, 0.25) is 0 Å². The molecule has 0 bridgehead atoms. The second-order valence-corrected chi connectivity index (χ2v) is 5.56. The number of halogens is 3. The lowest BCUT2D eigenvalue weighted by Gasteiger charge is -2.08. The van der Waals surface area contributed by atoms with Gasteiger partial charge in [-0.3, -0.25) is 4.79 Å². The lowest BCUT2D eigenvalue weighted by atomic mass is 10.1. The van der Waals surface area contributed by atoms with Crippen molar-refractivity contribution in [1.29, 1.82) is 5.26 Å². The molecule has 0 heterocycles. The Morgan fingerprint density at radius 3 is 2.74 bits per heavy atom. The number of hydrogen-bond donors (Lipinski definition) is 0. The zero-order chi connectivity index (χ0) is 17.4. The monoisotopic (exact) mass is 384 g/mol. The van der Waals surface area contributed by atoms with Crippen LogP contribution in [-0.4, -0.2) is 37.8 Å². The van der Waals surface area contributed by atoms with Gasteiger partial charge >= 0.3 is 0 Å². The molecule has 4 nitrogen and oxygen atoms in total. The van der Waals surface area contributed by atoms with Gasteiger partial charge in [0.25, 0.3) is 6.43 Å². The van der Waals surface area contributed by atoms with E-state index in [1.54, 1.807) is 31.1 Å². The van der Waals surface area contributed by atoms with Crippen molar-refractivity contribution in [2.24, 2.45) is 0 Å². The number of allylic oxidation sites excluding steroid dienone is 2. The van der Waals surface area contributed by atoms with E-state index in [4.69, 9.17) is 10.00 Å². The summed E-state index contributed by atoms with van der Waals surface area (Å²) in [7, 11) is 3.41. The molecule has 0 aliphatic carbocycles. The predicted octanol–water partition coefficient (Wildman–Crippen LogP) is 3.64.